The molecule has 0 bridgehead atoms. The van der Waals surface area contributed by atoms with Crippen molar-refractivity contribution in [2.75, 3.05) is 0 Å². The van der Waals surface area contributed by atoms with E-state index in [1.165, 1.54) is 0 Å². The molecular formula is C8H14F3N5O6. The van der Waals surface area contributed by atoms with Crippen LogP contribution in [0.3, 0.4) is 0 Å². The summed E-state index contributed by atoms with van der Waals surface area (Å²) in [5.41, 5.74) is 16.4. The van der Waals surface area contributed by atoms with Gasteiger partial charge >= 0.3 is 30.2 Å². The topological polar surface area (TPSA) is 200 Å². The summed E-state index contributed by atoms with van der Waals surface area (Å²) in [6.07, 6.45) is -5.80. The van der Waals surface area contributed by atoms with Crippen molar-refractivity contribution in [1.29, 1.82) is 0 Å². The number of halogens is 3. The van der Waals surface area contributed by atoms with Crippen molar-refractivity contribution < 1.29 is 42.3 Å². The molecule has 128 valence electrons. The van der Waals surface area contributed by atoms with Crippen LogP contribution in [-0.4, -0.2) is 41.4 Å². The van der Waals surface area contributed by atoms with E-state index >= 15 is 0 Å². The summed E-state index contributed by atoms with van der Waals surface area (Å²) in [4.78, 5) is 44.4. The van der Waals surface area contributed by atoms with Crippen LogP contribution in [0.5, 0.6) is 0 Å². The lowest BCUT2D eigenvalue weighted by molar-refractivity contribution is -0.192. The SMILES string of the molecule is NC(=O)NOC(=O)CCC(N)NC(N)=O.O=C(O)C(F)(F)F. The average Bonchev–Trinajstić information content (AvgIpc) is 2.32. The van der Waals surface area contributed by atoms with E-state index in [-0.39, 0.29) is 12.8 Å². The normalized spacial score (nSPS) is 11.3. The second-order valence-electron chi connectivity index (χ2n) is 3.40. The van der Waals surface area contributed by atoms with E-state index in [1.54, 1.807) is 5.48 Å². The number of nitrogens with two attached hydrogens (primary N) is 3. The molecule has 0 radical (unpaired) electrons. The van der Waals surface area contributed by atoms with Crippen LogP contribution < -0.4 is 28.0 Å². The Bertz CT molecular complexity index is 416. The van der Waals surface area contributed by atoms with Gasteiger partial charge in [0, 0.05) is 0 Å². The minimum absolute atomic E-state index is 0.0955. The van der Waals surface area contributed by atoms with Gasteiger partial charge < -0.3 is 32.5 Å². The number of carbonyl (C=O) groups is 4. The molecule has 0 spiro atoms. The Labute approximate surface area is 120 Å². The first-order chi connectivity index (χ1) is 9.86. The lowest BCUT2D eigenvalue weighted by Gasteiger charge is -2.10. The average molecular weight is 333 g/mol. The van der Waals surface area contributed by atoms with E-state index in [0.717, 1.165) is 0 Å². The molecule has 0 aromatic rings. The van der Waals surface area contributed by atoms with Gasteiger partial charge in [-0.05, 0) is 6.42 Å². The number of amides is 4. The van der Waals surface area contributed by atoms with Crippen molar-refractivity contribution in [3.05, 3.63) is 0 Å². The number of urea groups is 2. The highest BCUT2D eigenvalue weighted by Gasteiger charge is 2.38. The fraction of sp³-hybridized carbons (Fsp3) is 0.500. The molecule has 1 unspecified atom stereocenters. The molecule has 0 aromatic carbocycles. The number of aliphatic carboxylic acids is 1. The standard InChI is InChI=1S/C6H13N5O4.C2HF3O2/c7-3(10-5(8)13)1-2-4(12)15-11-6(9)14;3-2(4,5)1(6)7/h3H,1-2,7H2,(H3,8,10,13)(H3,9,11,14);(H,6,7). The maximum atomic E-state index is 10.8. The summed E-state index contributed by atoms with van der Waals surface area (Å²) in [5, 5.41) is 9.28. The Morgan fingerprint density at radius 3 is 1.91 bits per heavy atom. The van der Waals surface area contributed by atoms with Crippen LogP contribution in [0.1, 0.15) is 12.8 Å². The number of hydroxylamine groups is 1. The molecule has 4 amide bonds. The summed E-state index contributed by atoms with van der Waals surface area (Å²) in [6, 6.07) is -1.77. The number of carboxylic acids is 1. The molecule has 0 rings (SSSR count). The fourth-order valence-corrected chi connectivity index (χ4v) is 0.686. The molecule has 0 aliphatic carbocycles. The number of carboxylic acid groups (broad SMARTS) is 1. The van der Waals surface area contributed by atoms with Gasteiger partial charge in [0.1, 0.15) is 0 Å². The number of hydrogen-bond acceptors (Lipinski definition) is 6. The maximum absolute atomic E-state index is 10.8. The molecule has 9 N–H and O–H groups in total. The number of hydrogen-bond donors (Lipinski definition) is 6. The summed E-state index contributed by atoms with van der Waals surface area (Å²) < 4.78 is 31.7. The first-order valence-electron chi connectivity index (χ1n) is 5.23. The fourth-order valence-electron chi connectivity index (χ4n) is 0.686. The predicted octanol–water partition coefficient (Wildman–Crippen LogP) is -1.52. The zero-order valence-corrected chi connectivity index (χ0v) is 10.8. The second kappa shape index (κ2) is 10.0. The highest BCUT2D eigenvalue weighted by Crippen LogP contribution is 2.13. The van der Waals surface area contributed by atoms with Crippen LogP contribution in [0.4, 0.5) is 22.8 Å². The van der Waals surface area contributed by atoms with E-state index in [0.29, 0.717) is 0 Å². The van der Waals surface area contributed by atoms with Gasteiger partial charge in [-0.15, -0.1) is 0 Å². The summed E-state index contributed by atoms with van der Waals surface area (Å²) in [6.45, 7) is 0. The highest BCUT2D eigenvalue weighted by molar-refractivity contribution is 5.75. The monoisotopic (exact) mass is 333 g/mol. The van der Waals surface area contributed by atoms with Crippen molar-refractivity contribution in [3.63, 3.8) is 0 Å². The van der Waals surface area contributed by atoms with Crippen LogP contribution >= 0.6 is 0 Å². The number of nitrogens with one attached hydrogen (secondary N) is 2. The molecule has 0 aliphatic heterocycles. The maximum Gasteiger partial charge on any atom is 0.490 e. The molecule has 1 atom stereocenters. The lowest BCUT2D eigenvalue weighted by atomic mass is 10.2. The van der Waals surface area contributed by atoms with Crippen LogP contribution in [0.25, 0.3) is 0 Å². The Kier molecular flexibility index (Phi) is 9.81. The largest absolute Gasteiger partial charge is 0.490 e. The number of carbonyl (C=O) groups excluding carboxylic acids is 3. The molecule has 0 heterocycles. The van der Waals surface area contributed by atoms with E-state index in [1.807, 2.05) is 0 Å². The van der Waals surface area contributed by atoms with E-state index < -0.39 is 36.3 Å². The van der Waals surface area contributed by atoms with Gasteiger partial charge in [-0.1, -0.05) is 0 Å². The summed E-state index contributed by atoms with van der Waals surface area (Å²) in [5.74, 6) is -3.48. The van der Waals surface area contributed by atoms with Gasteiger partial charge in [0.15, 0.2) is 0 Å². The second-order valence-corrected chi connectivity index (χ2v) is 3.40. The number of primary amides is 2. The zero-order valence-electron chi connectivity index (χ0n) is 10.8. The molecule has 0 saturated heterocycles. The van der Waals surface area contributed by atoms with Crippen LogP contribution in [0, 0.1) is 0 Å². The third kappa shape index (κ3) is 15.3. The quantitative estimate of drug-likeness (QED) is 0.265. The molecule has 11 nitrogen and oxygen atoms in total. The minimum atomic E-state index is -5.08. The van der Waals surface area contributed by atoms with E-state index in [4.69, 9.17) is 21.4 Å². The van der Waals surface area contributed by atoms with Crippen molar-refractivity contribution in [2.24, 2.45) is 17.2 Å². The van der Waals surface area contributed by atoms with Gasteiger partial charge in [-0.3, -0.25) is 0 Å². The Morgan fingerprint density at radius 2 is 1.59 bits per heavy atom. The predicted molar refractivity (Wildman–Crippen MR) is 62.4 cm³/mol. The molecule has 0 aromatic heterocycles. The summed E-state index contributed by atoms with van der Waals surface area (Å²) >= 11 is 0. The van der Waals surface area contributed by atoms with Crippen LogP contribution in [-0.2, 0) is 14.4 Å². The third-order valence-corrected chi connectivity index (χ3v) is 1.50. The van der Waals surface area contributed by atoms with Crippen molar-refractivity contribution in [1.82, 2.24) is 10.8 Å². The Hall–Kier alpha value is -2.77. The lowest BCUT2D eigenvalue weighted by Crippen LogP contribution is -2.44. The van der Waals surface area contributed by atoms with Crippen LogP contribution in [0.15, 0.2) is 0 Å². The van der Waals surface area contributed by atoms with E-state index in [9.17, 15) is 27.6 Å². The molecule has 0 aliphatic rings. The van der Waals surface area contributed by atoms with E-state index in [2.05, 4.69) is 15.9 Å². The van der Waals surface area contributed by atoms with Gasteiger partial charge in [0.2, 0.25) is 0 Å². The van der Waals surface area contributed by atoms with Crippen LogP contribution in [0.2, 0.25) is 0 Å². The van der Waals surface area contributed by atoms with Crippen molar-refractivity contribution >= 4 is 24.0 Å². The highest BCUT2D eigenvalue weighted by atomic mass is 19.4. The first kappa shape index (κ1) is 21.5. The molecule has 14 heteroatoms. The molecule has 0 fully saturated rings. The molecule has 0 saturated carbocycles. The Balaban J connectivity index is 0. The summed E-state index contributed by atoms with van der Waals surface area (Å²) in [7, 11) is 0. The number of alkyl halides is 3. The van der Waals surface area contributed by atoms with Crippen molar-refractivity contribution in [2.45, 2.75) is 25.2 Å². The molecule has 22 heavy (non-hydrogen) atoms. The third-order valence-electron chi connectivity index (χ3n) is 1.50. The Morgan fingerprint density at radius 1 is 1.14 bits per heavy atom. The van der Waals surface area contributed by atoms with Gasteiger partial charge in [0.05, 0.1) is 12.6 Å². The number of rotatable bonds is 4. The van der Waals surface area contributed by atoms with Crippen molar-refractivity contribution in [3.8, 4) is 0 Å². The molecular weight excluding hydrogens is 319 g/mol. The smallest absolute Gasteiger partial charge is 0.475 e. The zero-order chi connectivity index (χ0) is 17.9. The van der Waals surface area contributed by atoms with Gasteiger partial charge in [-0.25, -0.2) is 19.2 Å². The minimum Gasteiger partial charge on any atom is -0.475 e. The first-order valence-corrected chi connectivity index (χ1v) is 5.23. The van der Waals surface area contributed by atoms with Gasteiger partial charge in [-0.2, -0.15) is 18.7 Å². The van der Waals surface area contributed by atoms with Gasteiger partial charge in [0.25, 0.3) is 0 Å².